The SMILES string of the molecule is CCOc1cc(CN)ccc1OCCS(C)(=O)=O. The van der Waals surface area contributed by atoms with Gasteiger partial charge in [0.25, 0.3) is 0 Å². The molecule has 0 spiro atoms. The van der Waals surface area contributed by atoms with E-state index in [1.807, 2.05) is 13.0 Å². The van der Waals surface area contributed by atoms with Gasteiger partial charge in [0.2, 0.25) is 0 Å². The van der Waals surface area contributed by atoms with Gasteiger partial charge in [0, 0.05) is 12.8 Å². The molecule has 1 aromatic carbocycles. The first kappa shape index (κ1) is 14.8. The maximum absolute atomic E-state index is 11.0. The minimum absolute atomic E-state index is 0.0167. The summed E-state index contributed by atoms with van der Waals surface area (Å²) in [5.74, 6) is 1.11. The average molecular weight is 273 g/mol. The third-order valence-corrected chi connectivity index (χ3v) is 3.16. The van der Waals surface area contributed by atoms with Crippen LogP contribution in [0.3, 0.4) is 0 Å². The molecule has 0 fully saturated rings. The summed E-state index contributed by atoms with van der Waals surface area (Å²) in [4.78, 5) is 0. The van der Waals surface area contributed by atoms with E-state index in [4.69, 9.17) is 15.2 Å². The van der Waals surface area contributed by atoms with Gasteiger partial charge in [0.05, 0.1) is 12.4 Å². The molecule has 0 atom stereocenters. The predicted octanol–water partition coefficient (Wildman–Crippen LogP) is 0.967. The Kier molecular flexibility index (Phi) is 5.43. The molecule has 1 rings (SSSR count). The van der Waals surface area contributed by atoms with Crippen molar-refractivity contribution in [2.75, 3.05) is 25.2 Å². The molecular weight excluding hydrogens is 254 g/mol. The van der Waals surface area contributed by atoms with Gasteiger partial charge in [-0.1, -0.05) is 6.07 Å². The van der Waals surface area contributed by atoms with E-state index in [9.17, 15) is 8.42 Å². The second-order valence-electron chi connectivity index (χ2n) is 3.90. The fourth-order valence-corrected chi connectivity index (χ4v) is 1.76. The van der Waals surface area contributed by atoms with Crippen LogP contribution in [0.2, 0.25) is 0 Å². The summed E-state index contributed by atoms with van der Waals surface area (Å²) in [6.07, 6.45) is 1.18. The molecule has 5 nitrogen and oxygen atoms in total. The number of hydrogen-bond acceptors (Lipinski definition) is 5. The molecule has 0 saturated heterocycles. The van der Waals surface area contributed by atoms with Crippen LogP contribution in [0.25, 0.3) is 0 Å². The molecule has 0 aliphatic rings. The van der Waals surface area contributed by atoms with Crippen molar-refractivity contribution < 1.29 is 17.9 Å². The van der Waals surface area contributed by atoms with Gasteiger partial charge in [-0.25, -0.2) is 8.42 Å². The fourth-order valence-electron chi connectivity index (χ4n) is 1.37. The molecule has 0 saturated carbocycles. The molecule has 18 heavy (non-hydrogen) atoms. The van der Waals surface area contributed by atoms with Crippen molar-refractivity contribution in [2.45, 2.75) is 13.5 Å². The number of nitrogens with two attached hydrogens (primary N) is 1. The number of ether oxygens (including phenoxy) is 2. The van der Waals surface area contributed by atoms with Crippen molar-refractivity contribution in [2.24, 2.45) is 5.73 Å². The first-order chi connectivity index (χ1) is 8.46. The van der Waals surface area contributed by atoms with E-state index < -0.39 is 9.84 Å². The Bertz CT molecular complexity index is 485. The minimum atomic E-state index is -3.02. The van der Waals surface area contributed by atoms with E-state index in [-0.39, 0.29) is 12.4 Å². The molecule has 0 heterocycles. The van der Waals surface area contributed by atoms with Gasteiger partial charge in [-0.3, -0.25) is 0 Å². The molecule has 0 aromatic heterocycles. The smallest absolute Gasteiger partial charge is 0.161 e. The lowest BCUT2D eigenvalue weighted by molar-refractivity contribution is 0.288. The van der Waals surface area contributed by atoms with Gasteiger partial charge in [0.1, 0.15) is 6.61 Å². The van der Waals surface area contributed by atoms with Gasteiger partial charge < -0.3 is 15.2 Å². The fraction of sp³-hybridized carbons (Fsp3) is 0.500. The lowest BCUT2D eigenvalue weighted by Gasteiger charge is -2.12. The topological polar surface area (TPSA) is 78.6 Å². The highest BCUT2D eigenvalue weighted by Crippen LogP contribution is 2.28. The summed E-state index contributed by atoms with van der Waals surface area (Å²) >= 11 is 0. The Morgan fingerprint density at radius 2 is 1.94 bits per heavy atom. The van der Waals surface area contributed by atoms with Crippen molar-refractivity contribution in [1.82, 2.24) is 0 Å². The maximum atomic E-state index is 11.0. The second kappa shape index (κ2) is 6.61. The summed E-state index contributed by atoms with van der Waals surface area (Å²) in [7, 11) is -3.02. The summed E-state index contributed by atoms with van der Waals surface area (Å²) in [6.45, 7) is 2.91. The predicted molar refractivity (Wildman–Crippen MR) is 70.7 cm³/mol. The molecule has 0 amide bonds. The van der Waals surface area contributed by atoms with E-state index in [1.165, 1.54) is 6.26 Å². The van der Waals surface area contributed by atoms with E-state index in [0.717, 1.165) is 5.56 Å². The number of sulfone groups is 1. The molecule has 0 bridgehead atoms. The number of benzene rings is 1. The van der Waals surface area contributed by atoms with E-state index in [2.05, 4.69) is 0 Å². The second-order valence-corrected chi connectivity index (χ2v) is 6.16. The third kappa shape index (κ3) is 4.93. The highest BCUT2D eigenvalue weighted by Gasteiger charge is 2.08. The molecule has 6 heteroatoms. The van der Waals surface area contributed by atoms with Gasteiger partial charge >= 0.3 is 0 Å². The van der Waals surface area contributed by atoms with Crippen LogP contribution in [0.15, 0.2) is 18.2 Å². The zero-order valence-electron chi connectivity index (χ0n) is 10.7. The van der Waals surface area contributed by atoms with Crippen molar-refractivity contribution >= 4 is 9.84 Å². The minimum Gasteiger partial charge on any atom is -0.490 e. The van der Waals surface area contributed by atoms with Gasteiger partial charge in [-0.05, 0) is 24.6 Å². The average Bonchev–Trinajstić information content (AvgIpc) is 2.29. The van der Waals surface area contributed by atoms with Gasteiger partial charge in [-0.2, -0.15) is 0 Å². The molecule has 0 unspecified atom stereocenters. The first-order valence-corrected chi connectivity index (χ1v) is 7.78. The lowest BCUT2D eigenvalue weighted by atomic mass is 10.2. The Morgan fingerprint density at radius 1 is 1.22 bits per heavy atom. The summed E-state index contributed by atoms with van der Waals surface area (Å²) in [6, 6.07) is 5.38. The maximum Gasteiger partial charge on any atom is 0.161 e. The van der Waals surface area contributed by atoms with Crippen LogP contribution >= 0.6 is 0 Å². The van der Waals surface area contributed by atoms with E-state index in [1.54, 1.807) is 12.1 Å². The standard InChI is InChI=1S/C12H19NO4S/c1-3-16-12-8-10(9-13)4-5-11(12)17-6-7-18(2,14)15/h4-5,8H,3,6-7,9,13H2,1-2H3. The highest BCUT2D eigenvalue weighted by atomic mass is 32.2. The van der Waals surface area contributed by atoms with E-state index in [0.29, 0.717) is 24.7 Å². The molecule has 102 valence electrons. The van der Waals surface area contributed by atoms with Crippen molar-refractivity contribution in [1.29, 1.82) is 0 Å². The van der Waals surface area contributed by atoms with Gasteiger partial charge in [0.15, 0.2) is 21.3 Å². The van der Waals surface area contributed by atoms with Crippen LogP contribution in [-0.2, 0) is 16.4 Å². The lowest BCUT2D eigenvalue weighted by Crippen LogP contribution is -2.12. The summed E-state index contributed by atoms with van der Waals surface area (Å²) in [5, 5.41) is 0. The zero-order chi connectivity index (χ0) is 13.6. The summed E-state index contributed by atoms with van der Waals surface area (Å²) in [5.41, 5.74) is 6.49. The van der Waals surface area contributed by atoms with Crippen molar-refractivity contribution in [3.8, 4) is 11.5 Å². The largest absolute Gasteiger partial charge is 0.490 e. The van der Waals surface area contributed by atoms with Crippen LogP contribution < -0.4 is 15.2 Å². The van der Waals surface area contributed by atoms with Crippen LogP contribution in [-0.4, -0.2) is 33.6 Å². The zero-order valence-corrected chi connectivity index (χ0v) is 11.5. The Hall–Kier alpha value is -1.27. The molecule has 2 N–H and O–H groups in total. The third-order valence-electron chi connectivity index (χ3n) is 2.26. The molecule has 0 radical (unpaired) electrons. The van der Waals surface area contributed by atoms with Crippen LogP contribution in [0, 0.1) is 0 Å². The highest BCUT2D eigenvalue weighted by molar-refractivity contribution is 7.90. The van der Waals surface area contributed by atoms with E-state index >= 15 is 0 Å². The van der Waals surface area contributed by atoms with Crippen molar-refractivity contribution in [3.05, 3.63) is 23.8 Å². The quantitative estimate of drug-likeness (QED) is 0.800. The number of rotatable bonds is 7. The van der Waals surface area contributed by atoms with Crippen molar-refractivity contribution in [3.63, 3.8) is 0 Å². The molecule has 1 aromatic rings. The molecule has 0 aliphatic carbocycles. The molecular formula is C12H19NO4S. The van der Waals surface area contributed by atoms with Crippen LogP contribution in [0.1, 0.15) is 12.5 Å². The monoisotopic (exact) mass is 273 g/mol. The Morgan fingerprint density at radius 3 is 2.50 bits per heavy atom. The molecule has 0 aliphatic heterocycles. The Balaban J connectivity index is 2.74. The summed E-state index contributed by atoms with van der Waals surface area (Å²) < 4.78 is 32.9. The normalized spacial score (nSPS) is 11.3. The van der Waals surface area contributed by atoms with Crippen LogP contribution in [0.5, 0.6) is 11.5 Å². The van der Waals surface area contributed by atoms with Crippen LogP contribution in [0.4, 0.5) is 0 Å². The Labute approximate surface area is 108 Å². The number of hydrogen-bond donors (Lipinski definition) is 1. The first-order valence-electron chi connectivity index (χ1n) is 5.72. The van der Waals surface area contributed by atoms with Gasteiger partial charge in [-0.15, -0.1) is 0 Å².